The Labute approximate surface area is 133 Å². The second-order valence-corrected chi connectivity index (χ2v) is 5.54. The lowest BCUT2D eigenvalue weighted by atomic mass is 10.3. The molecule has 1 aromatic rings. The first-order chi connectivity index (χ1) is 10.7. The summed E-state index contributed by atoms with van der Waals surface area (Å²) in [5.41, 5.74) is 0. The number of carbonyl (C=O) groups is 2. The lowest BCUT2D eigenvalue weighted by Crippen LogP contribution is -2.40. The predicted molar refractivity (Wildman–Crippen MR) is 84.5 cm³/mol. The van der Waals surface area contributed by atoms with E-state index in [1.54, 1.807) is 0 Å². The van der Waals surface area contributed by atoms with Gasteiger partial charge in [-0.05, 0) is 18.2 Å². The van der Waals surface area contributed by atoms with Crippen LogP contribution in [0.2, 0.25) is 0 Å². The maximum absolute atomic E-state index is 11.7. The number of fused-ring (bicyclic) bond motifs is 1. The van der Waals surface area contributed by atoms with Crippen molar-refractivity contribution in [2.24, 2.45) is 0 Å². The van der Waals surface area contributed by atoms with Gasteiger partial charge in [-0.25, -0.2) is 4.79 Å². The van der Waals surface area contributed by atoms with E-state index in [0.29, 0.717) is 25.5 Å². The van der Waals surface area contributed by atoms with Crippen LogP contribution in [-0.4, -0.2) is 37.4 Å². The Bertz CT molecular complexity index is 562. The van der Waals surface area contributed by atoms with Crippen molar-refractivity contribution in [2.75, 3.05) is 25.5 Å². The molecule has 6 nitrogen and oxygen atoms in total. The molecule has 1 heterocycles. The van der Waals surface area contributed by atoms with Crippen LogP contribution in [0, 0.1) is 0 Å². The third kappa shape index (κ3) is 5.00. The standard InChI is InChI=1S/C15H18N2O4S/c1-2-6-16-15(19)17-14(18)10-22-11-4-5-12-13(9-11)21-8-3-7-20-12/h2,4-5,9H,1,3,6-8,10H2,(H2,16,17,18,19). The number of urea groups is 1. The third-order valence-electron chi connectivity index (χ3n) is 2.75. The number of carbonyl (C=O) groups excluding carboxylic acids is 2. The zero-order chi connectivity index (χ0) is 15.8. The Morgan fingerprint density at radius 2 is 2.05 bits per heavy atom. The summed E-state index contributed by atoms with van der Waals surface area (Å²) >= 11 is 1.33. The minimum absolute atomic E-state index is 0.140. The fraction of sp³-hybridized carbons (Fsp3) is 0.333. The van der Waals surface area contributed by atoms with E-state index < -0.39 is 6.03 Å². The molecule has 0 atom stereocenters. The zero-order valence-corrected chi connectivity index (χ0v) is 12.9. The Hall–Kier alpha value is -2.15. The first-order valence-electron chi connectivity index (χ1n) is 6.90. The maximum Gasteiger partial charge on any atom is 0.321 e. The van der Waals surface area contributed by atoms with Crippen molar-refractivity contribution in [3.8, 4) is 11.5 Å². The topological polar surface area (TPSA) is 76.7 Å². The summed E-state index contributed by atoms with van der Waals surface area (Å²) < 4.78 is 11.1. The highest BCUT2D eigenvalue weighted by Gasteiger charge is 2.12. The highest BCUT2D eigenvalue weighted by Crippen LogP contribution is 2.33. The molecule has 0 unspecified atom stereocenters. The van der Waals surface area contributed by atoms with Crippen molar-refractivity contribution in [1.82, 2.24) is 10.6 Å². The molecule has 1 aliphatic rings. The van der Waals surface area contributed by atoms with E-state index in [1.807, 2.05) is 18.2 Å². The molecule has 0 aliphatic carbocycles. The van der Waals surface area contributed by atoms with Crippen LogP contribution in [0.15, 0.2) is 35.7 Å². The van der Waals surface area contributed by atoms with E-state index in [1.165, 1.54) is 17.8 Å². The number of imide groups is 1. The minimum atomic E-state index is -0.524. The molecule has 2 N–H and O–H groups in total. The van der Waals surface area contributed by atoms with Gasteiger partial charge in [0.2, 0.25) is 5.91 Å². The normalized spacial score (nSPS) is 12.9. The number of nitrogens with one attached hydrogen (secondary N) is 2. The molecule has 0 radical (unpaired) electrons. The fourth-order valence-electron chi connectivity index (χ4n) is 1.75. The molecule has 22 heavy (non-hydrogen) atoms. The van der Waals surface area contributed by atoms with Gasteiger partial charge in [-0.15, -0.1) is 18.3 Å². The van der Waals surface area contributed by atoms with E-state index in [-0.39, 0.29) is 11.7 Å². The first-order valence-corrected chi connectivity index (χ1v) is 7.88. The van der Waals surface area contributed by atoms with Crippen molar-refractivity contribution in [3.05, 3.63) is 30.9 Å². The molecule has 7 heteroatoms. The summed E-state index contributed by atoms with van der Waals surface area (Å²) in [4.78, 5) is 23.9. The lowest BCUT2D eigenvalue weighted by molar-refractivity contribution is -0.117. The van der Waals surface area contributed by atoms with E-state index in [0.717, 1.165) is 17.1 Å². The Kier molecular flexibility index (Phi) is 6.14. The summed E-state index contributed by atoms with van der Waals surface area (Å²) in [6.07, 6.45) is 2.38. The van der Waals surface area contributed by atoms with Gasteiger partial charge in [-0.1, -0.05) is 6.08 Å². The molecule has 2 rings (SSSR count). The van der Waals surface area contributed by atoms with Gasteiger partial charge in [0.05, 0.1) is 19.0 Å². The Balaban J connectivity index is 1.83. The fourth-order valence-corrected chi connectivity index (χ4v) is 2.48. The van der Waals surface area contributed by atoms with Crippen molar-refractivity contribution < 1.29 is 19.1 Å². The second-order valence-electron chi connectivity index (χ2n) is 4.49. The molecule has 1 aliphatic heterocycles. The summed E-state index contributed by atoms with van der Waals surface area (Å²) in [6, 6.07) is 5.02. The Morgan fingerprint density at radius 1 is 1.27 bits per heavy atom. The molecule has 0 spiro atoms. The molecule has 0 saturated heterocycles. The third-order valence-corrected chi connectivity index (χ3v) is 3.74. The highest BCUT2D eigenvalue weighted by molar-refractivity contribution is 8.00. The van der Waals surface area contributed by atoms with E-state index in [9.17, 15) is 9.59 Å². The van der Waals surface area contributed by atoms with Crippen LogP contribution in [0.1, 0.15) is 6.42 Å². The summed E-state index contributed by atoms with van der Waals surface area (Å²) in [6.45, 7) is 5.05. The van der Waals surface area contributed by atoms with Crippen molar-refractivity contribution in [1.29, 1.82) is 0 Å². The summed E-state index contributed by atoms with van der Waals surface area (Å²) in [7, 11) is 0. The van der Waals surface area contributed by atoms with Gasteiger partial charge in [0.15, 0.2) is 11.5 Å². The van der Waals surface area contributed by atoms with Crippen molar-refractivity contribution in [2.45, 2.75) is 11.3 Å². The largest absolute Gasteiger partial charge is 0.490 e. The lowest BCUT2D eigenvalue weighted by Gasteiger charge is -2.09. The average molecular weight is 322 g/mol. The van der Waals surface area contributed by atoms with Gasteiger partial charge in [0.1, 0.15) is 0 Å². The van der Waals surface area contributed by atoms with Crippen LogP contribution in [0.4, 0.5) is 4.79 Å². The number of hydrogen-bond donors (Lipinski definition) is 2. The predicted octanol–water partition coefficient (Wildman–Crippen LogP) is 1.95. The van der Waals surface area contributed by atoms with Crippen LogP contribution >= 0.6 is 11.8 Å². The molecule has 1 aromatic carbocycles. The molecular formula is C15H18N2O4S. The van der Waals surface area contributed by atoms with E-state index in [2.05, 4.69) is 17.2 Å². The van der Waals surface area contributed by atoms with Crippen molar-refractivity contribution in [3.63, 3.8) is 0 Å². The molecule has 0 aromatic heterocycles. The number of thioether (sulfide) groups is 1. The Morgan fingerprint density at radius 3 is 2.82 bits per heavy atom. The number of rotatable bonds is 5. The van der Waals surface area contributed by atoms with Crippen LogP contribution < -0.4 is 20.1 Å². The van der Waals surface area contributed by atoms with Gasteiger partial charge in [0, 0.05) is 17.9 Å². The van der Waals surface area contributed by atoms with Crippen LogP contribution in [0.3, 0.4) is 0 Å². The number of benzene rings is 1. The van der Waals surface area contributed by atoms with Gasteiger partial charge >= 0.3 is 6.03 Å². The molecule has 0 fully saturated rings. The zero-order valence-electron chi connectivity index (χ0n) is 12.1. The van der Waals surface area contributed by atoms with Crippen molar-refractivity contribution >= 4 is 23.7 Å². The molecule has 3 amide bonds. The van der Waals surface area contributed by atoms with Gasteiger partial charge < -0.3 is 14.8 Å². The highest BCUT2D eigenvalue weighted by atomic mass is 32.2. The number of hydrogen-bond acceptors (Lipinski definition) is 5. The molecular weight excluding hydrogens is 304 g/mol. The quantitative estimate of drug-likeness (QED) is 0.640. The number of ether oxygens (including phenoxy) is 2. The first kappa shape index (κ1) is 16.2. The average Bonchev–Trinajstić information content (AvgIpc) is 2.75. The van der Waals surface area contributed by atoms with Gasteiger partial charge in [-0.2, -0.15) is 0 Å². The van der Waals surface area contributed by atoms with E-state index >= 15 is 0 Å². The maximum atomic E-state index is 11.7. The molecule has 0 saturated carbocycles. The molecule has 0 bridgehead atoms. The smallest absolute Gasteiger partial charge is 0.321 e. The molecule has 118 valence electrons. The monoisotopic (exact) mass is 322 g/mol. The van der Waals surface area contributed by atoms with Crippen LogP contribution in [0.5, 0.6) is 11.5 Å². The second kappa shape index (κ2) is 8.33. The van der Waals surface area contributed by atoms with Gasteiger partial charge in [-0.3, -0.25) is 10.1 Å². The van der Waals surface area contributed by atoms with Crippen LogP contribution in [0.25, 0.3) is 0 Å². The summed E-state index contributed by atoms with van der Waals surface area (Å²) in [5, 5.41) is 4.72. The summed E-state index contributed by atoms with van der Waals surface area (Å²) in [5.74, 6) is 1.18. The SMILES string of the molecule is C=CCNC(=O)NC(=O)CSc1ccc2c(c1)OCCCO2. The van der Waals surface area contributed by atoms with Crippen LogP contribution in [-0.2, 0) is 4.79 Å². The van der Waals surface area contributed by atoms with E-state index in [4.69, 9.17) is 9.47 Å². The minimum Gasteiger partial charge on any atom is -0.490 e. The van der Waals surface area contributed by atoms with Gasteiger partial charge in [0.25, 0.3) is 0 Å². The number of amides is 3.